The van der Waals surface area contributed by atoms with Crippen molar-refractivity contribution < 1.29 is 23.4 Å². The van der Waals surface area contributed by atoms with Crippen LogP contribution in [0.4, 0.5) is 13.6 Å². The number of amides is 1. The lowest BCUT2D eigenvalue weighted by molar-refractivity contribution is 0.129. The minimum atomic E-state index is -0.705. The van der Waals surface area contributed by atoms with Gasteiger partial charge in [-0.3, -0.25) is 0 Å². The van der Waals surface area contributed by atoms with E-state index < -0.39 is 23.8 Å². The average Bonchev–Trinajstić information content (AvgIpc) is 2.52. The van der Waals surface area contributed by atoms with Crippen LogP contribution in [0.1, 0.15) is 11.1 Å². The summed E-state index contributed by atoms with van der Waals surface area (Å²) in [5, 5.41) is 11.8. The Hall–Kier alpha value is -2.47. The third kappa shape index (κ3) is 5.67. The van der Waals surface area contributed by atoms with Gasteiger partial charge < -0.3 is 15.2 Å². The summed E-state index contributed by atoms with van der Waals surface area (Å²) in [4.78, 5) is 11.7. The summed E-state index contributed by atoms with van der Waals surface area (Å²) in [6, 6.07) is 11.5. The van der Waals surface area contributed by atoms with E-state index >= 15 is 0 Å². The van der Waals surface area contributed by atoms with Crippen molar-refractivity contribution in [3.8, 4) is 0 Å². The molecule has 0 unspecified atom stereocenters. The molecule has 0 aliphatic rings. The number of alkyl carbamates (subject to hydrolysis) is 1. The van der Waals surface area contributed by atoms with Crippen LogP contribution in [0.2, 0.25) is 0 Å². The second-order valence-electron chi connectivity index (χ2n) is 5.07. The van der Waals surface area contributed by atoms with E-state index in [9.17, 15) is 18.7 Å². The lowest BCUT2D eigenvalue weighted by atomic mass is 10.1. The molecule has 1 amide bonds. The van der Waals surface area contributed by atoms with Gasteiger partial charge in [-0.25, -0.2) is 13.6 Å². The molecule has 2 aromatic carbocycles. The van der Waals surface area contributed by atoms with E-state index in [-0.39, 0.29) is 19.6 Å². The Morgan fingerprint density at radius 3 is 2.35 bits per heavy atom. The van der Waals surface area contributed by atoms with Crippen molar-refractivity contribution in [3.05, 3.63) is 71.3 Å². The van der Waals surface area contributed by atoms with Crippen LogP contribution in [-0.4, -0.2) is 23.8 Å². The lowest BCUT2D eigenvalue weighted by Gasteiger charge is -2.16. The Morgan fingerprint density at radius 2 is 1.74 bits per heavy atom. The van der Waals surface area contributed by atoms with Crippen molar-refractivity contribution in [2.75, 3.05) is 6.61 Å². The van der Waals surface area contributed by atoms with Crippen molar-refractivity contribution in [1.82, 2.24) is 5.32 Å². The van der Waals surface area contributed by atoms with Crippen LogP contribution in [0.15, 0.2) is 48.5 Å². The van der Waals surface area contributed by atoms with E-state index in [2.05, 4.69) is 5.32 Å². The van der Waals surface area contributed by atoms with Crippen molar-refractivity contribution in [3.63, 3.8) is 0 Å². The highest BCUT2D eigenvalue weighted by Gasteiger charge is 2.14. The molecule has 6 heteroatoms. The number of benzene rings is 2. The predicted molar refractivity (Wildman–Crippen MR) is 80.7 cm³/mol. The van der Waals surface area contributed by atoms with Gasteiger partial charge in [-0.2, -0.15) is 0 Å². The van der Waals surface area contributed by atoms with Gasteiger partial charge in [-0.1, -0.05) is 30.3 Å². The fourth-order valence-corrected chi connectivity index (χ4v) is 2.11. The zero-order chi connectivity index (χ0) is 16.7. The molecule has 2 N–H and O–H groups in total. The van der Waals surface area contributed by atoms with Crippen molar-refractivity contribution in [1.29, 1.82) is 0 Å². The monoisotopic (exact) mass is 321 g/mol. The van der Waals surface area contributed by atoms with Gasteiger partial charge in [-0.15, -0.1) is 0 Å². The molecular formula is C17H17F2NO3. The molecule has 0 saturated carbocycles. The number of halogens is 2. The highest BCUT2D eigenvalue weighted by atomic mass is 19.1. The minimum absolute atomic E-state index is 0.0889. The van der Waals surface area contributed by atoms with Crippen LogP contribution in [0.25, 0.3) is 0 Å². The first-order valence-electron chi connectivity index (χ1n) is 7.10. The number of hydrogen-bond donors (Lipinski definition) is 2. The molecule has 0 fully saturated rings. The second-order valence-corrected chi connectivity index (χ2v) is 5.07. The Balaban J connectivity index is 1.87. The maximum Gasteiger partial charge on any atom is 0.407 e. The van der Waals surface area contributed by atoms with Gasteiger partial charge in [0.25, 0.3) is 0 Å². The van der Waals surface area contributed by atoms with E-state index in [0.717, 1.165) is 23.8 Å². The van der Waals surface area contributed by atoms with Crippen molar-refractivity contribution in [2.24, 2.45) is 0 Å². The van der Waals surface area contributed by atoms with Gasteiger partial charge in [-0.05, 0) is 29.7 Å². The number of aliphatic hydroxyl groups is 1. The smallest absolute Gasteiger partial charge is 0.407 e. The summed E-state index contributed by atoms with van der Waals surface area (Å²) in [6.07, 6.45) is -0.615. The zero-order valence-electron chi connectivity index (χ0n) is 12.3. The normalized spacial score (nSPS) is 11.8. The number of rotatable bonds is 6. The van der Waals surface area contributed by atoms with Gasteiger partial charge in [0.15, 0.2) is 0 Å². The SMILES string of the molecule is O=C(N[C@H](CO)Cc1cc(F)cc(F)c1)OCc1ccccc1. The highest BCUT2D eigenvalue weighted by molar-refractivity contribution is 5.67. The van der Waals surface area contributed by atoms with Gasteiger partial charge in [0, 0.05) is 6.07 Å². The first-order chi connectivity index (χ1) is 11.1. The third-order valence-electron chi connectivity index (χ3n) is 3.16. The molecule has 2 rings (SSSR count). The summed E-state index contributed by atoms with van der Waals surface area (Å²) in [6.45, 7) is -0.280. The van der Waals surface area contributed by atoms with E-state index in [4.69, 9.17) is 4.74 Å². The maximum atomic E-state index is 13.1. The molecule has 0 radical (unpaired) electrons. The minimum Gasteiger partial charge on any atom is -0.445 e. The first kappa shape index (κ1) is 16.9. The summed E-state index contributed by atoms with van der Waals surface area (Å²) >= 11 is 0. The van der Waals surface area contributed by atoms with Crippen LogP contribution in [0, 0.1) is 11.6 Å². The van der Waals surface area contributed by atoms with Crippen LogP contribution >= 0.6 is 0 Å². The number of carbonyl (C=O) groups excluding carboxylic acids is 1. The number of ether oxygens (including phenoxy) is 1. The predicted octanol–water partition coefficient (Wildman–Crippen LogP) is 2.79. The molecule has 0 saturated heterocycles. The highest BCUT2D eigenvalue weighted by Crippen LogP contribution is 2.10. The maximum absolute atomic E-state index is 13.1. The van der Waals surface area contributed by atoms with Crippen LogP contribution < -0.4 is 5.32 Å². The molecule has 122 valence electrons. The Morgan fingerprint density at radius 1 is 1.09 bits per heavy atom. The van der Waals surface area contributed by atoms with E-state index in [1.807, 2.05) is 30.3 Å². The molecule has 2 aromatic rings. The zero-order valence-corrected chi connectivity index (χ0v) is 12.3. The van der Waals surface area contributed by atoms with Gasteiger partial charge in [0.05, 0.1) is 12.6 Å². The Labute approximate surface area is 132 Å². The number of aliphatic hydroxyl groups excluding tert-OH is 1. The number of nitrogens with one attached hydrogen (secondary N) is 1. The number of carbonyl (C=O) groups is 1. The molecule has 0 bridgehead atoms. The molecule has 0 aromatic heterocycles. The van der Waals surface area contributed by atoms with Crippen molar-refractivity contribution in [2.45, 2.75) is 19.1 Å². The summed E-state index contributed by atoms with van der Waals surface area (Å²) in [5.74, 6) is -1.41. The van der Waals surface area contributed by atoms with Crippen LogP contribution in [-0.2, 0) is 17.8 Å². The first-order valence-corrected chi connectivity index (χ1v) is 7.10. The van der Waals surface area contributed by atoms with Gasteiger partial charge >= 0.3 is 6.09 Å². The van der Waals surface area contributed by atoms with Crippen LogP contribution in [0.3, 0.4) is 0 Å². The molecule has 4 nitrogen and oxygen atoms in total. The Bertz CT molecular complexity index is 629. The largest absolute Gasteiger partial charge is 0.445 e. The fourth-order valence-electron chi connectivity index (χ4n) is 2.11. The second kappa shape index (κ2) is 8.24. The molecule has 0 heterocycles. The topological polar surface area (TPSA) is 58.6 Å². The molecule has 1 atom stereocenters. The lowest BCUT2D eigenvalue weighted by Crippen LogP contribution is -2.39. The molecular weight excluding hydrogens is 304 g/mol. The molecule has 0 aliphatic heterocycles. The quantitative estimate of drug-likeness (QED) is 0.860. The van der Waals surface area contributed by atoms with Crippen molar-refractivity contribution >= 4 is 6.09 Å². The molecule has 23 heavy (non-hydrogen) atoms. The van der Waals surface area contributed by atoms with Crippen LogP contribution in [0.5, 0.6) is 0 Å². The van der Waals surface area contributed by atoms with Gasteiger partial charge in [0.1, 0.15) is 18.2 Å². The Kier molecular flexibility index (Phi) is 6.05. The van der Waals surface area contributed by atoms with E-state index in [1.165, 1.54) is 0 Å². The molecule has 0 spiro atoms. The van der Waals surface area contributed by atoms with E-state index in [0.29, 0.717) is 5.56 Å². The summed E-state index contributed by atoms with van der Waals surface area (Å²) in [5.41, 5.74) is 1.17. The van der Waals surface area contributed by atoms with Gasteiger partial charge in [0.2, 0.25) is 0 Å². The number of hydrogen-bond acceptors (Lipinski definition) is 3. The molecule has 0 aliphatic carbocycles. The van der Waals surface area contributed by atoms with E-state index in [1.54, 1.807) is 0 Å². The standard InChI is InChI=1S/C17H17F2NO3/c18-14-6-13(7-15(19)9-14)8-16(10-21)20-17(22)23-11-12-4-2-1-3-5-12/h1-7,9,16,21H,8,10-11H2,(H,20,22)/t16-/m0/s1. The summed E-state index contributed by atoms with van der Waals surface area (Å²) < 4.78 is 31.3. The third-order valence-corrected chi connectivity index (χ3v) is 3.16. The summed E-state index contributed by atoms with van der Waals surface area (Å²) in [7, 11) is 0. The average molecular weight is 321 g/mol. The fraction of sp³-hybridized carbons (Fsp3) is 0.235.